The van der Waals surface area contributed by atoms with Crippen LogP contribution >= 0.6 is 0 Å². The summed E-state index contributed by atoms with van der Waals surface area (Å²) in [7, 11) is 0.543. The maximum absolute atomic E-state index is 3.52. The fourth-order valence-corrected chi connectivity index (χ4v) is 0.408. The van der Waals surface area contributed by atoms with Gasteiger partial charge in [0, 0.05) is 0 Å². The van der Waals surface area contributed by atoms with Crippen LogP contribution in [0.25, 0.3) is 0 Å². The standard InChI is InChI=1S/C4H8Si/c1-3-4-5-2/h3-5H,1H2,2H3. The van der Waals surface area contributed by atoms with Gasteiger partial charge < -0.3 is 0 Å². The first-order chi connectivity index (χ1) is 2.41. The molecule has 28 valence electrons. The normalized spacial score (nSPS) is 9.00. The molecule has 0 unspecified atom stereocenters. The fourth-order valence-electron chi connectivity index (χ4n) is 0.136. The van der Waals surface area contributed by atoms with E-state index in [2.05, 4.69) is 18.8 Å². The summed E-state index contributed by atoms with van der Waals surface area (Å²) in [6, 6.07) is 0. The number of hydrogen-bond donors (Lipinski definition) is 0. The molecule has 0 saturated carbocycles. The Morgan fingerprint density at radius 2 is 2.40 bits per heavy atom. The van der Waals surface area contributed by atoms with Crippen LogP contribution in [-0.4, -0.2) is 14.8 Å². The Bertz CT molecular complexity index is 45.6. The lowest BCUT2D eigenvalue weighted by molar-refractivity contribution is 2.36. The molecule has 0 fully saturated rings. The second kappa shape index (κ2) is 3.83. The summed E-state index contributed by atoms with van der Waals surface area (Å²) in [5.41, 5.74) is 2.10. The number of rotatable bonds is 1. The maximum atomic E-state index is 3.52. The van der Waals surface area contributed by atoms with Crippen LogP contribution in [0.1, 0.15) is 0 Å². The molecular weight excluding hydrogens is 76.1 g/mol. The first-order valence-corrected chi connectivity index (χ1v) is 3.47. The van der Waals surface area contributed by atoms with Crippen molar-refractivity contribution in [1.82, 2.24) is 0 Å². The fraction of sp³-hybridized carbons (Fsp3) is 0.250. The van der Waals surface area contributed by atoms with E-state index in [1.54, 1.807) is 0 Å². The summed E-state index contributed by atoms with van der Waals surface area (Å²) in [6.45, 7) is 5.68. The van der Waals surface area contributed by atoms with Gasteiger partial charge in [0.05, 0.1) is 0 Å². The highest BCUT2D eigenvalue weighted by atomic mass is 28.2. The van der Waals surface area contributed by atoms with Gasteiger partial charge in [-0.3, -0.25) is 0 Å². The average Bonchev–Trinajstić information content (AvgIpc) is 1.41. The lowest BCUT2D eigenvalue weighted by Gasteiger charge is -1.55. The van der Waals surface area contributed by atoms with Crippen molar-refractivity contribution >= 4 is 14.8 Å². The van der Waals surface area contributed by atoms with E-state index in [1.165, 1.54) is 0 Å². The molecule has 0 spiro atoms. The van der Waals surface area contributed by atoms with E-state index >= 15 is 0 Å². The molecule has 0 aliphatic rings. The summed E-state index contributed by atoms with van der Waals surface area (Å²) >= 11 is 0. The average molecular weight is 84.2 g/mol. The van der Waals surface area contributed by atoms with Crippen LogP contribution in [0.2, 0.25) is 6.55 Å². The first kappa shape index (κ1) is 4.83. The van der Waals surface area contributed by atoms with Crippen LogP contribution in [0.4, 0.5) is 0 Å². The third-order valence-electron chi connectivity index (χ3n) is 0.329. The molecule has 0 amide bonds. The molecule has 0 radical (unpaired) electrons. The summed E-state index contributed by atoms with van der Waals surface area (Å²) in [6.07, 6.45) is 1.84. The largest absolute Gasteiger partial charge is 0.0995 e. The van der Waals surface area contributed by atoms with E-state index in [1.807, 2.05) is 6.08 Å². The topological polar surface area (TPSA) is 0 Å². The van der Waals surface area contributed by atoms with E-state index in [4.69, 9.17) is 0 Å². The van der Waals surface area contributed by atoms with E-state index in [0.29, 0.717) is 9.13 Å². The Kier molecular flexibility index (Phi) is 3.69. The van der Waals surface area contributed by atoms with Gasteiger partial charge in [-0.05, 0) is 9.13 Å². The van der Waals surface area contributed by atoms with Crippen molar-refractivity contribution in [2.75, 3.05) is 0 Å². The predicted molar refractivity (Wildman–Crippen MR) is 29.3 cm³/mol. The van der Waals surface area contributed by atoms with Gasteiger partial charge in [-0.2, -0.15) is 0 Å². The van der Waals surface area contributed by atoms with Crippen LogP contribution < -0.4 is 0 Å². The van der Waals surface area contributed by atoms with Crippen molar-refractivity contribution in [3.63, 3.8) is 0 Å². The molecule has 0 bridgehead atoms. The summed E-state index contributed by atoms with van der Waals surface area (Å²) in [5, 5.41) is 0. The first-order valence-electron chi connectivity index (χ1n) is 1.65. The third-order valence-corrected chi connectivity index (χ3v) is 0.986. The van der Waals surface area contributed by atoms with Gasteiger partial charge in [-0.1, -0.05) is 24.9 Å². The highest BCUT2D eigenvalue weighted by Crippen LogP contribution is 1.41. The minimum atomic E-state index is 0.543. The molecule has 0 heterocycles. The molecule has 0 saturated heterocycles. The zero-order valence-corrected chi connectivity index (χ0v) is 4.59. The molecule has 0 nitrogen and oxygen atoms in total. The lowest BCUT2D eigenvalue weighted by atomic mass is 10.8. The highest BCUT2D eigenvalue weighted by molar-refractivity contribution is 6.47. The minimum absolute atomic E-state index is 0.543. The molecule has 0 aromatic heterocycles. The SMILES string of the molecule is C=CC=[SiH]C. The zero-order chi connectivity index (χ0) is 4.12. The smallest absolute Gasteiger partial charge is 0.0101 e. The Balaban J connectivity index is 2.92. The van der Waals surface area contributed by atoms with Crippen molar-refractivity contribution < 1.29 is 0 Å². The van der Waals surface area contributed by atoms with E-state index in [0.717, 1.165) is 0 Å². The summed E-state index contributed by atoms with van der Waals surface area (Å²) in [5.74, 6) is 0. The van der Waals surface area contributed by atoms with Gasteiger partial charge in [-0.15, -0.1) is 0 Å². The molecule has 0 aliphatic heterocycles. The molecule has 0 N–H and O–H groups in total. The Morgan fingerprint density at radius 1 is 1.80 bits per heavy atom. The number of hydrogen-bond acceptors (Lipinski definition) is 0. The van der Waals surface area contributed by atoms with Gasteiger partial charge in [0.1, 0.15) is 0 Å². The summed E-state index contributed by atoms with van der Waals surface area (Å²) in [4.78, 5) is 0. The van der Waals surface area contributed by atoms with Crippen molar-refractivity contribution in [3.05, 3.63) is 12.7 Å². The van der Waals surface area contributed by atoms with Gasteiger partial charge in [0.15, 0.2) is 0 Å². The molecular formula is C4H8Si. The van der Waals surface area contributed by atoms with Crippen molar-refractivity contribution in [2.45, 2.75) is 6.55 Å². The van der Waals surface area contributed by atoms with Crippen LogP contribution in [0, 0.1) is 0 Å². The van der Waals surface area contributed by atoms with Crippen LogP contribution in [0.3, 0.4) is 0 Å². The highest BCUT2D eigenvalue weighted by Gasteiger charge is 1.43. The molecule has 0 atom stereocenters. The lowest BCUT2D eigenvalue weighted by Crippen LogP contribution is -1.64. The van der Waals surface area contributed by atoms with Crippen LogP contribution in [0.15, 0.2) is 12.7 Å². The monoisotopic (exact) mass is 84.0 g/mol. The van der Waals surface area contributed by atoms with Crippen molar-refractivity contribution in [3.8, 4) is 0 Å². The van der Waals surface area contributed by atoms with Crippen LogP contribution in [-0.2, 0) is 0 Å². The molecule has 0 aromatic rings. The Labute approximate surface area is 35.0 Å². The second-order valence-corrected chi connectivity index (χ2v) is 1.81. The molecule has 0 aliphatic carbocycles. The molecule has 0 aromatic carbocycles. The molecule has 5 heavy (non-hydrogen) atoms. The molecule has 0 rings (SSSR count). The van der Waals surface area contributed by atoms with E-state index in [9.17, 15) is 0 Å². The molecule has 1 heteroatoms. The zero-order valence-electron chi connectivity index (χ0n) is 3.44. The minimum Gasteiger partial charge on any atom is -0.0995 e. The van der Waals surface area contributed by atoms with Gasteiger partial charge >= 0.3 is 0 Å². The van der Waals surface area contributed by atoms with Crippen molar-refractivity contribution in [2.24, 2.45) is 0 Å². The quantitative estimate of drug-likeness (QED) is 0.405. The predicted octanol–water partition coefficient (Wildman–Crippen LogP) is 0.459. The van der Waals surface area contributed by atoms with E-state index in [-0.39, 0.29) is 0 Å². The second-order valence-electron chi connectivity index (χ2n) is 0.761. The third kappa shape index (κ3) is 3.83. The van der Waals surface area contributed by atoms with Crippen LogP contribution in [0.5, 0.6) is 0 Å². The summed E-state index contributed by atoms with van der Waals surface area (Å²) < 4.78 is 0. The number of allylic oxidation sites excluding steroid dienone is 1. The van der Waals surface area contributed by atoms with Gasteiger partial charge in [-0.25, -0.2) is 0 Å². The Morgan fingerprint density at radius 3 is 2.40 bits per heavy atom. The van der Waals surface area contributed by atoms with Gasteiger partial charge in [0.2, 0.25) is 0 Å². The maximum Gasteiger partial charge on any atom is -0.0101 e. The van der Waals surface area contributed by atoms with Gasteiger partial charge in [0.25, 0.3) is 0 Å². The Hall–Kier alpha value is -0.173. The van der Waals surface area contributed by atoms with E-state index < -0.39 is 0 Å². The van der Waals surface area contributed by atoms with Crippen molar-refractivity contribution in [1.29, 1.82) is 0 Å².